The summed E-state index contributed by atoms with van der Waals surface area (Å²) in [7, 11) is 0. The summed E-state index contributed by atoms with van der Waals surface area (Å²) in [5, 5.41) is 9.48. The molecule has 0 aliphatic carbocycles. The Morgan fingerprint density at radius 3 is 1.89 bits per heavy atom. The lowest BCUT2D eigenvalue weighted by Crippen LogP contribution is -2.36. The van der Waals surface area contributed by atoms with Gasteiger partial charge in [0.2, 0.25) is 0 Å². The number of carbonyl (C=O) groups is 1. The van der Waals surface area contributed by atoms with Gasteiger partial charge in [-0.3, -0.25) is 4.79 Å². The van der Waals surface area contributed by atoms with Crippen molar-refractivity contribution in [2.75, 3.05) is 0 Å². The molecule has 1 aromatic carbocycles. The van der Waals surface area contributed by atoms with Crippen LogP contribution in [0.25, 0.3) is 0 Å². The number of hydrogen-bond acceptors (Lipinski definition) is 1. The zero-order valence-electron chi connectivity index (χ0n) is 10.7. The first kappa shape index (κ1) is 14.6. The molecule has 0 spiro atoms. The highest BCUT2D eigenvalue weighted by Crippen LogP contribution is 2.35. The zero-order valence-corrected chi connectivity index (χ0v) is 10.7. The van der Waals surface area contributed by atoms with Gasteiger partial charge >= 0.3 is 5.97 Å². The molecule has 4 heteroatoms. The maximum absolute atomic E-state index is 13.3. The second-order valence-electron chi connectivity index (χ2n) is 4.55. The van der Waals surface area contributed by atoms with Crippen LogP contribution in [-0.2, 0) is 10.2 Å². The molecule has 0 amide bonds. The van der Waals surface area contributed by atoms with Crippen molar-refractivity contribution < 1.29 is 18.7 Å². The molecule has 0 saturated heterocycles. The van der Waals surface area contributed by atoms with Gasteiger partial charge in [0, 0.05) is 6.07 Å². The number of benzene rings is 1. The Balaban J connectivity index is 3.35. The Morgan fingerprint density at radius 1 is 1.11 bits per heavy atom. The van der Waals surface area contributed by atoms with Gasteiger partial charge in [0.25, 0.3) is 0 Å². The van der Waals surface area contributed by atoms with E-state index in [-0.39, 0.29) is 5.56 Å². The van der Waals surface area contributed by atoms with E-state index >= 15 is 0 Å². The lowest BCUT2D eigenvalue weighted by Gasteiger charge is -2.29. The van der Waals surface area contributed by atoms with Crippen molar-refractivity contribution in [3.8, 4) is 0 Å². The molecule has 1 N–H and O–H groups in total. The highest BCUT2D eigenvalue weighted by Gasteiger charge is 2.39. The molecule has 0 unspecified atom stereocenters. The van der Waals surface area contributed by atoms with Crippen LogP contribution in [0.1, 0.15) is 45.1 Å². The van der Waals surface area contributed by atoms with E-state index in [9.17, 15) is 18.7 Å². The van der Waals surface area contributed by atoms with Crippen LogP contribution >= 0.6 is 0 Å². The summed E-state index contributed by atoms with van der Waals surface area (Å²) in [4.78, 5) is 11.6. The molecule has 18 heavy (non-hydrogen) atoms. The number of carboxylic acids is 1. The maximum Gasteiger partial charge on any atom is 0.314 e. The molecule has 1 rings (SSSR count). The summed E-state index contributed by atoms with van der Waals surface area (Å²) >= 11 is 0. The van der Waals surface area contributed by atoms with E-state index in [0.29, 0.717) is 25.7 Å². The third-order valence-electron chi connectivity index (χ3n) is 3.18. The minimum atomic E-state index is -1.19. The summed E-state index contributed by atoms with van der Waals surface area (Å²) in [5.74, 6) is -2.48. The van der Waals surface area contributed by atoms with E-state index in [1.165, 1.54) is 0 Å². The highest BCUT2D eigenvalue weighted by atomic mass is 19.1. The Hall–Kier alpha value is -1.45. The van der Waals surface area contributed by atoms with Gasteiger partial charge in [-0.25, -0.2) is 8.78 Å². The van der Waals surface area contributed by atoms with E-state index in [4.69, 9.17) is 0 Å². The molecule has 0 fully saturated rings. The van der Waals surface area contributed by atoms with Crippen molar-refractivity contribution in [2.24, 2.45) is 0 Å². The van der Waals surface area contributed by atoms with Crippen LogP contribution in [0.4, 0.5) is 8.78 Å². The first-order valence-corrected chi connectivity index (χ1v) is 6.16. The molecule has 0 atom stereocenters. The predicted octanol–water partition coefficient (Wildman–Crippen LogP) is 3.89. The molecule has 1 aromatic rings. The van der Waals surface area contributed by atoms with Crippen molar-refractivity contribution >= 4 is 5.97 Å². The highest BCUT2D eigenvalue weighted by molar-refractivity contribution is 5.81. The summed E-state index contributed by atoms with van der Waals surface area (Å²) in [6.07, 6.45) is 2.03. The molecule has 0 aliphatic rings. The van der Waals surface area contributed by atoms with Crippen LogP contribution in [-0.4, -0.2) is 11.1 Å². The number of rotatable bonds is 6. The Labute approximate surface area is 106 Å². The summed E-state index contributed by atoms with van der Waals surface area (Å²) in [6, 6.07) is 3.01. The van der Waals surface area contributed by atoms with Crippen LogP contribution in [0.3, 0.4) is 0 Å². The minimum Gasteiger partial charge on any atom is -0.481 e. The fraction of sp³-hybridized carbons (Fsp3) is 0.500. The van der Waals surface area contributed by atoms with Crippen LogP contribution < -0.4 is 0 Å². The monoisotopic (exact) mass is 256 g/mol. The van der Waals surface area contributed by atoms with Crippen LogP contribution in [0.5, 0.6) is 0 Å². The van der Waals surface area contributed by atoms with E-state index in [2.05, 4.69) is 0 Å². The SMILES string of the molecule is CCCC(CCC)(C(=O)O)c1cc(F)cc(F)c1. The van der Waals surface area contributed by atoms with Gasteiger partial charge in [0.1, 0.15) is 11.6 Å². The van der Waals surface area contributed by atoms with E-state index < -0.39 is 23.0 Å². The van der Waals surface area contributed by atoms with E-state index in [1.807, 2.05) is 13.8 Å². The smallest absolute Gasteiger partial charge is 0.314 e. The van der Waals surface area contributed by atoms with Crippen molar-refractivity contribution in [1.82, 2.24) is 0 Å². The normalized spacial score (nSPS) is 11.6. The summed E-state index contributed by atoms with van der Waals surface area (Å²) in [5.41, 5.74) is -0.969. The number of aliphatic carboxylic acids is 1. The third kappa shape index (κ3) is 2.86. The molecule has 0 saturated carbocycles. The largest absolute Gasteiger partial charge is 0.481 e. The quantitative estimate of drug-likeness (QED) is 0.838. The average Bonchev–Trinajstić information content (AvgIpc) is 2.26. The fourth-order valence-corrected chi connectivity index (χ4v) is 2.43. The Bertz CT molecular complexity index is 404. The predicted molar refractivity (Wildman–Crippen MR) is 65.5 cm³/mol. The number of halogens is 2. The lowest BCUT2D eigenvalue weighted by molar-refractivity contribution is -0.144. The van der Waals surface area contributed by atoms with Gasteiger partial charge in [-0.1, -0.05) is 26.7 Å². The molecule has 2 nitrogen and oxygen atoms in total. The third-order valence-corrected chi connectivity index (χ3v) is 3.18. The standard InChI is InChI=1S/C14H18F2O2/c1-3-5-14(6-4-2,13(17)18)10-7-11(15)9-12(16)8-10/h7-9H,3-6H2,1-2H3,(H,17,18). The van der Waals surface area contributed by atoms with E-state index in [0.717, 1.165) is 18.2 Å². The second-order valence-corrected chi connectivity index (χ2v) is 4.55. The first-order chi connectivity index (χ1) is 8.46. The van der Waals surface area contributed by atoms with Gasteiger partial charge < -0.3 is 5.11 Å². The number of hydrogen-bond donors (Lipinski definition) is 1. The van der Waals surface area contributed by atoms with Crippen molar-refractivity contribution in [3.05, 3.63) is 35.4 Å². The fourth-order valence-electron chi connectivity index (χ4n) is 2.43. The molecule has 0 heterocycles. The van der Waals surface area contributed by atoms with E-state index in [1.54, 1.807) is 0 Å². The van der Waals surface area contributed by atoms with Gasteiger partial charge in [-0.05, 0) is 30.5 Å². The minimum absolute atomic E-state index is 0.219. The summed E-state index contributed by atoms with van der Waals surface area (Å²) < 4.78 is 26.5. The molecule has 0 aromatic heterocycles. The molecule has 0 aliphatic heterocycles. The number of carboxylic acid groups (broad SMARTS) is 1. The lowest BCUT2D eigenvalue weighted by atomic mass is 9.73. The molecular formula is C14H18F2O2. The van der Waals surface area contributed by atoms with Crippen LogP contribution in [0.15, 0.2) is 18.2 Å². The average molecular weight is 256 g/mol. The van der Waals surface area contributed by atoms with Crippen molar-refractivity contribution in [3.63, 3.8) is 0 Å². The van der Waals surface area contributed by atoms with Gasteiger partial charge in [0.05, 0.1) is 5.41 Å². The Morgan fingerprint density at radius 2 is 1.56 bits per heavy atom. The summed E-state index contributed by atoms with van der Waals surface area (Å²) in [6.45, 7) is 3.73. The second kappa shape index (κ2) is 5.94. The van der Waals surface area contributed by atoms with Crippen molar-refractivity contribution in [1.29, 1.82) is 0 Å². The van der Waals surface area contributed by atoms with Crippen LogP contribution in [0.2, 0.25) is 0 Å². The first-order valence-electron chi connectivity index (χ1n) is 6.16. The van der Waals surface area contributed by atoms with Crippen molar-refractivity contribution in [2.45, 2.75) is 44.9 Å². The van der Waals surface area contributed by atoms with Crippen LogP contribution in [0, 0.1) is 11.6 Å². The molecule has 0 bridgehead atoms. The molecular weight excluding hydrogens is 238 g/mol. The molecule has 100 valence electrons. The van der Waals surface area contributed by atoms with Gasteiger partial charge in [0.15, 0.2) is 0 Å². The molecule has 0 radical (unpaired) electrons. The van der Waals surface area contributed by atoms with Gasteiger partial charge in [-0.2, -0.15) is 0 Å². The Kier molecular flexibility index (Phi) is 4.82. The van der Waals surface area contributed by atoms with Gasteiger partial charge in [-0.15, -0.1) is 0 Å². The topological polar surface area (TPSA) is 37.3 Å². The maximum atomic E-state index is 13.3. The zero-order chi connectivity index (χ0) is 13.8.